The average Bonchev–Trinajstić information content (AvgIpc) is 2.97. The van der Waals surface area contributed by atoms with Gasteiger partial charge in [0.05, 0.1) is 7.11 Å². The van der Waals surface area contributed by atoms with Crippen molar-refractivity contribution in [2.24, 2.45) is 0 Å². The Balaban J connectivity index is 1.62. The number of thioether (sulfide) groups is 1. The lowest BCUT2D eigenvalue weighted by Crippen LogP contribution is -2.39. The summed E-state index contributed by atoms with van der Waals surface area (Å²) in [7, 11) is 1.51. The number of amides is 1. The second-order valence-corrected chi connectivity index (χ2v) is 8.85. The third-order valence-electron chi connectivity index (χ3n) is 5.73. The highest BCUT2D eigenvalue weighted by atomic mass is 32.2. The van der Waals surface area contributed by atoms with Crippen molar-refractivity contribution in [1.29, 1.82) is 0 Å². The first-order chi connectivity index (χ1) is 14.6. The van der Waals surface area contributed by atoms with Gasteiger partial charge in [-0.15, -0.1) is 0 Å². The van der Waals surface area contributed by atoms with Gasteiger partial charge in [0, 0.05) is 69.0 Å². The number of nitrogens with zero attached hydrogens (tertiary/aromatic N) is 3. The number of ether oxygens (including phenoxy) is 1. The Hall–Kier alpha value is -2.45. The second kappa shape index (κ2) is 9.14. The summed E-state index contributed by atoms with van der Waals surface area (Å²) in [6, 6.07) is 8.68. The van der Waals surface area contributed by atoms with E-state index < -0.39 is 0 Å². The summed E-state index contributed by atoms with van der Waals surface area (Å²) >= 11 is 1.85. The maximum Gasteiger partial charge on any atom is 0.259 e. The van der Waals surface area contributed by atoms with Gasteiger partial charge in [-0.05, 0) is 17.7 Å². The van der Waals surface area contributed by atoms with Crippen LogP contribution in [-0.2, 0) is 19.5 Å². The minimum absolute atomic E-state index is 0.0441. The van der Waals surface area contributed by atoms with E-state index in [2.05, 4.69) is 4.90 Å². The van der Waals surface area contributed by atoms with Crippen molar-refractivity contribution in [2.45, 2.75) is 19.5 Å². The predicted molar refractivity (Wildman–Crippen MR) is 118 cm³/mol. The van der Waals surface area contributed by atoms with Crippen LogP contribution in [0, 0.1) is 0 Å². The molecule has 0 bridgehead atoms. The van der Waals surface area contributed by atoms with Crippen molar-refractivity contribution < 1.29 is 14.6 Å². The number of fused-ring (bicyclic) bond motifs is 1. The lowest BCUT2D eigenvalue weighted by molar-refractivity contribution is 0.0766. The smallest absolute Gasteiger partial charge is 0.259 e. The van der Waals surface area contributed by atoms with Crippen molar-refractivity contribution >= 4 is 17.7 Å². The van der Waals surface area contributed by atoms with E-state index in [1.54, 1.807) is 16.7 Å². The second-order valence-electron chi connectivity index (χ2n) is 7.62. The molecule has 30 heavy (non-hydrogen) atoms. The highest BCUT2D eigenvalue weighted by molar-refractivity contribution is 7.99. The van der Waals surface area contributed by atoms with Crippen LogP contribution in [-0.4, -0.2) is 70.2 Å². The molecule has 7 nitrogen and oxygen atoms in total. The van der Waals surface area contributed by atoms with Crippen molar-refractivity contribution in [3.8, 4) is 11.5 Å². The molecule has 1 aromatic heterocycles. The largest absolute Gasteiger partial charge is 0.508 e. The fourth-order valence-electron chi connectivity index (χ4n) is 4.18. The minimum Gasteiger partial charge on any atom is -0.508 e. The number of carbonyl (C=O) groups is 1. The number of rotatable bonds is 4. The number of aromatic nitrogens is 1. The van der Waals surface area contributed by atoms with Crippen LogP contribution in [0.5, 0.6) is 11.5 Å². The third-order valence-corrected chi connectivity index (χ3v) is 6.68. The molecule has 1 aromatic carbocycles. The number of hydrogen-bond acceptors (Lipinski definition) is 6. The number of phenols is 1. The van der Waals surface area contributed by atoms with E-state index in [1.165, 1.54) is 13.2 Å². The number of benzene rings is 1. The molecule has 0 saturated carbocycles. The van der Waals surface area contributed by atoms with Gasteiger partial charge in [-0.25, -0.2) is 0 Å². The van der Waals surface area contributed by atoms with Gasteiger partial charge in [-0.2, -0.15) is 11.8 Å². The molecule has 1 saturated heterocycles. The first kappa shape index (κ1) is 20.8. The quantitative estimate of drug-likeness (QED) is 0.799. The molecule has 0 aliphatic carbocycles. The van der Waals surface area contributed by atoms with Crippen molar-refractivity contribution in [3.05, 3.63) is 57.5 Å². The van der Waals surface area contributed by atoms with Crippen LogP contribution in [0.4, 0.5) is 0 Å². The van der Waals surface area contributed by atoms with Crippen molar-refractivity contribution in [1.82, 2.24) is 14.4 Å². The molecule has 2 aliphatic heterocycles. The summed E-state index contributed by atoms with van der Waals surface area (Å²) in [6.07, 6.45) is 0.592. The van der Waals surface area contributed by atoms with Crippen molar-refractivity contribution in [3.63, 3.8) is 0 Å². The SMILES string of the molecule is COc1cc(=O)n2c(c1C(=O)N1CCSCC1)CCN(Cc1cccc(O)c1)CC2. The molecule has 1 N–H and O–H groups in total. The highest BCUT2D eigenvalue weighted by Gasteiger charge is 2.29. The van der Waals surface area contributed by atoms with Crippen LogP contribution in [0.2, 0.25) is 0 Å². The zero-order valence-electron chi connectivity index (χ0n) is 17.2. The zero-order valence-corrected chi connectivity index (χ0v) is 18.0. The Morgan fingerprint density at radius 3 is 2.67 bits per heavy atom. The maximum atomic E-state index is 13.4. The first-order valence-electron chi connectivity index (χ1n) is 10.2. The van der Waals surface area contributed by atoms with E-state index >= 15 is 0 Å². The summed E-state index contributed by atoms with van der Waals surface area (Å²) in [5.41, 5.74) is 2.18. The Morgan fingerprint density at radius 2 is 1.93 bits per heavy atom. The molecule has 2 aliphatic rings. The van der Waals surface area contributed by atoms with Gasteiger partial charge in [-0.3, -0.25) is 14.5 Å². The summed E-state index contributed by atoms with van der Waals surface area (Å²) in [5, 5.41) is 9.73. The van der Waals surface area contributed by atoms with Crippen LogP contribution >= 0.6 is 11.8 Å². The molecule has 0 radical (unpaired) electrons. The summed E-state index contributed by atoms with van der Waals surface area (Å²) < 4.78 is 7.21. The van der Waals surface area contributed by atoms with E-state index in [0.29, 0.717) is 37.4 Å². The fraction of sp³-hybridized carbons (Fsp3) is 0.455. The molecule has 4 rings (SSSR count). The van der Waals surface area contributed by atoms with Crippen LogP contribution in [0.1, 0.15) is 21.6 Å². The minimum atomic E-state index is -0.133. The van der Waals surface area contributed by atoms with Crippen LogP contribution in [0.15, 0.2) is 35.1 Å². The summed E-state index contributed by atoms with van der Waals surface area (Å²) in [5.74, 6) is 2.44. The van der Waals surface area contributed by atoms with Crippen molar-refractivity contribution in [2.75, 3.05) is 44.8 Å². The fourth-order valence-corrected chi connectivity index (χ4v) is 5.08. The number of hydrogen-bond donors (Lipinski definition) is 1. The van der Waals surface area contributed by atoms with Gasteiger partial charge >= 0.3 is 0 Å². The van der Waals surface area contributed by atoms with Crippen LogP contribution in [0.25, 0.3) is 0 Å². The van der Waals surface area contributed by atoms with Gasteiger partial charge in [0.15, 0.2) is 0 Å². The number of pyridine rings is 1. The van der Waals surface area contributed by atoms with Gasteiger partial charge in [0.1, 0.15) is 17.1 Å². The van der Waals surface area contributed by atoms with E-state index in [1.807, 2.05) is 28.8 Å². The number of phenolic OH excluding ortho intramolecular Hbond substituents is 1. The Labute approximate surface area is 180 Å². The topological polar surface area (TPSA) is 75.0 Å². The van der Waals surface area contributed by atoms with E-state index in [9.17, 15) is 14.7 Å². The Bertz CT molecular complexity index is 985. The molecule has 0 atom stereocenters. The average molecular weight is 430 g/mol. The summed E-state index contributed by atoms with van der Waals surface area (Å²) in [4.78, 5) is 30.2. The van der Waals surface area contributed by atoms with Crippen LogP contribution in [0.3, 0.4) is 0 Å². The number of aromatic hydroxyl groups is 1. The Kier molecular flexibility index (Phi) is 6.34. The van der Waals surface area contributed by atoms with Crippen LogP contribution < -0.4 is 10.3 Å². The molecular formula is C22H27N3O4S. The molecule has 160 valence electrons. The normalized spacial score (nSPS) is 17.3. The van der Waals surface area contributed by atoms with E-state index in [-0.39, 0.29) is 17.2 Å². The lowest BCUT2D eigenvalue weighted by Gasteiger charge is -2.28. The molecule has 3 heterocycles. The predicted octanol–water partition coefficient (Wildman–Crippen LogP) is 1.81. The monoisotopic (exact) mass is 429 g/mol. The third kappa shape index (κ3) is 4.34. The zero-order chi connectivity index (χ0) is 21.1. The molecule has 8 heteroatoms. The Morgan fingerprint density at radius 1 is 1.13 bits per heavy atom. The van der Waals surface area contributed by atoms with Gasteiger partial charge in [0.2, 0.25) is 0 Å². The molecule has 0 spiro atoms. The first-order valence-corrected chi connectivity index (χ1v) is 11.4. The molecule has 2 aromatic rings. The highest BCUT2D eigenvalue weighted by Crippen LogP contribution is 2.26. The molecule has 0 unspecified atom stereocenters. The van der Waals surface area contributed by atoms with Gasteiger partial charge < -0.3 is 19.3 Å². The number of carbonyl (C=O) groups excluding carboxylic acids is 1. The van der Waals surface area contributed by atoms with E-state index in [0.717, 1.165) is 42.4 Å². The standard InChI is InChI=1S/C22H27N3O4S/c1-29-19-14-20(27)25-8-7-23(15-16-3-2-4-17(26)13-16)6-5-18(25)21(19)22(28)24-9-11-30-12-10-24/h2-4,13-14,26H,5-12,15H2,1H3. The van der Waals surface area contributed by atoms with Gasteiger partial charge in [0.25, 0.3) is 11.5 Å². The molecular weight excluding hydrogens is 402 g/mol. The van der Waals surface area contributed by atoms with Gasteiger partial charge in [-0.1, -0.05) is 12.1 Å². The maximum absolute atomic E-state index is 13.4. The molecule has 1 fully saturated rings. The number of methoxy groups -OCH3 is 1. The van der Waals surface area contributed by atoms with E-state index in [4.69, 9.17) is 4.74 Å². The molecule has 1 amide bonds. The lowest BCUT2D eigenvalue weighted by atomic mass is 10.1. The summed E-state index contributed by atoms with van der Waals surface area (Å²) in [6.45, 7) is 4.05.